The Morgan fingerprint density at radius 2 is 2.30 bits per heavy atom. The smallest absolute Gasteiger partial charge is 0.228 e. The van der Waals surface area contributed by atoms with Gasteiger partial charge in [-0.05, 0) is 46.8 Å². The molecule has 2 rings (SSSR count). The van der Waals surface area contributed by atoms with Crippen molar-refractivity contribution < 1.29 is 14.4 Å². The molecule has 0 radical (unpaired) electrons. The number of ether oxygens (including phenoxy) is 1. The van der Waals surface area contributed by atoms with E-state index in [1.165, 1.54) is 7.11 Å². The Hall–Kier alpha value is -1.63. The highest BCUT2D eigenvalue weighted by molar-refractivity contribution is 9.10. The molecule has 0 saturated heterocycles. The maximum Gasteiger partial charge on any atom is 0.228 e. The van der Waals surface area contributed by atoms with Gasteiger partial charge in [-0.25, -0.2) is 4.98 Å². The van der Waals surface area contributed by atoms with E-state index in [2.05, 4.69) is 26.1 Å². The Bertz CT molecular complexity index is 530. The number of carbonyl (C=O) groups is 1. The number of aromatic nitrogens is 1. The first-order valence-corrected chi connectivity index (χ1v) is 7.07. The molecule has 0 aliphatic heterocycles. The summed E-state index contributed by atoms with van der Waals surface area (Å²) in [5.74, 6) is 1.11. The van der Waals surface area contributed by atoms with Gasteiger partial charge in [-0.3, -0.25) is 4.79 Å². The number of hydrogen-bond acceptors (Lipinski definition) is 5. The maximum atomic E-state index is 11.5. The molecule has 0 amide bonds. The largest absolute Gasteiger partial charge is 0.480 e. The van der Waals surface area contributed by atoms with Gasteiger partial charge in [0.1, 0.15) is 5.69 Å². The summed E-state index contributed by atoms with van der Waals surface area (Å²) in [7, 11) is 1.51. The minimum Gasteiger partial charge on any atom is -0.480 e. The molecule has 1 saturated carbocycles. The van der Waals surface area contributed by atoms with Crippen LogP contribution in [-0.4, -0.2) is 30.3 Å². The van der Waals surface area contributed by atoms with E-state index in [9.17, 15) is 4.79 Å². The molecule has 0 atom stereocenters. The topological polar surface area (TPSA) is 86.8 Å². The van der Waals surface area contributed by atoms with Crippen molar-refractivity contribution in [2.75, 3.05) is 13.7 Å². The first kappa shape index (κ1) is 14.8. The number of methoxy groups -OCH3 is 1. The molecule has 0 spiro atoms. The summed E-state index contributed by atoms with van der Waals surface area (Å²) in [4.78, 5) is 20.6. The highest BCUT2D eigenvalue weighted by atomic mass is 79.9. The van der Waals surface area contributed by atoms with E-state index in [1.807, 2.05) is 0 Å². The van der Waals surface area contributed by atoms with Crippen LogP contribution in [0.5, 0.6) is 5.88 Å². The number of pyridine rings is 1. The van der Waals surface area contributed by atoms with Gasteiger partial charge >= 0.3 is 0 Å². The lowest BCUT2D eigenvalue weighted by Crippen LogP contribution is -2.17. The second-order valence-corrected chi connectivity index (χ2v) is 5.48. The standard InChI is InChI=1S/C13H16BrN3O3/c1-19-13-10(14)4-5-11(16-13)12(15)17-20-7-9(18)6-8-2-3-8/h4-5,8H,2-3,6-7H2,1H3,(H2,15,17). The lowest BCUT2D eigenvalue weighted by molar-refractivity contribution is -0.123. The molecule has 1 aliphatic rings. The fraction of sp³-hybridized carbons (Fsp3) is 0.462. The molecule has 1 heterocycles. The van der Waals surface area contributed by atoms with Crippen LogP contribution in [0, 0.1) is 5.92 Å². The van der Waals surface area contributed by atoms with Gasteiger partial charge in [0, 0.05) is 6.42 Å². The predicted octanol–water partition coefficient (Wildman–Crippen LogP) is 1.86. The third-order valence-electron chi connectivity index (χ3n) is 2.87. The number of nitrogens with zero attached hydrogens (tertiary/aromatic N) is 2. The van der Waals surface area contributed by atoms with Crippen LogP contribution in [0.25, 0.3) is 0 Å². The van der Waals surface area contributed by atoms with Crippen molar-refractivity contribution in [3.63, 3.8) is 0 Å². The van der Waals surface area contributed by atoms with Crippen molar-refractivity contribution in [1.29, 1.82) is 0 Å². The molecule has 0 unspecified atom stereocenters. The van der Waals surface area contributed by atoms with Crippen LogP contribution in [0.15, 0.2) is 21.8 Å². The summed E-state index contributed by atoms with van der Waals surface area (Å²) in [5.41, 5.74) is 6.18. The van der Waals surface area contributed by atoms with Crippen LogP contribution < -0.4 is 10.5 Å². The average Bonchev–Trinajstić information content (AvgIpc) is 3.23. The van der Waals surface area contributed by atoms with E-state index in [1.54, 1.807) is 12.1 Å². The van der Waals surface area contributed by atoms with Crippen molar-refractivity contribution in [2.24, 2.45) is 16.8 Å². The third-order valence-corrected chi connectivity index (χ3v) is 3.47. The van der Waals surface area contributed by atoms with Crippen LogP contribution in [0.2, 0.25) is 0 Å². The summed E-state index contributed by atoms with van der Waals surface area (Å²) in [5, 5.41) is 3.71. The van der Waals surface area contributed by atoms with Crippen molar-refractivity contribution in [2.45, 2.75) is 19.3 Å². The normalized spacial score (nSPS) is 15.0. The van der Waals surface area contributed by atoms with Gasteiger partial charge in [0.2, 0.25) is 5.88 Å². The van der Waals surface area contributed by atoms with E-state index in [-0.39, 0.29) is 18.2 Å². The molecule has 7 heteroatoms. The van der Waals surface area contributed by atoms with E-state index in [4.69, 9.17) is 15.3 Å². The van der Waals surface area contributed by atoms with Crippen LogP contribution in [-0.2, 0) is 9.63 Å². The minimum atomic E-state index is -0.0507. The van der Waals surface area contributed by atoms with Crippen LogP contribution in [0.3, 0.4) is 0 Å². The second kappa shape index (κ2) is 6.69. The number of amidine groups is 1. The molecule has 0 bridgehead atoms. The molecule has 1 aromatic rings. The average molecular weight is 342 g/mol. The predicted molar refractivity (Wildman–Crippen MR) is 77.5 cm³/mol. The lowest BCUT2D eigenvalue weighted by Gasteiger charge is -2.05. The molecule has 1 aromatic heterocycles. The number of halogens is 1. The molecular formula is C13H16BrN3O3. The molecular weight excluding hydrogens is 326 g/mol. The monoisotopic (exact) mass is 341 g/mol. The van der Waals surface area contributed by atoms with Gasteiger partial charge in [0.15, 0.2) is 18.2 Å². The van der Waals surface area contributed by atoms with Gasteiger partial charge in [-0.15, -0.1) is 0 Å². The highest BCUT2D eigenvalue weighted by Gasteiger charge is 2.24. The number of ketones is 1. The van der Waals surface area contributed by atoms with Gasteiger partial charge in [0.25, 0.3) is 0 Å². The van der Waals surface area contributed by atoms with E-state index in [0.29, 0.717) is 23.9 Å². The molecule has 108 valence electrons. The van der Waals surface area contributed by atoms with Crippen LogP contribution in [0.1, 0.15) is 25.0 Å². The Labute approximate surface area is 125 Å². The minimum absolute atomic E-state index is 0.0467. The SMILES string of the molecule is COc1nc(/C(N)=N/OCC(=O)CC2CC2)ccc1Br. The van der Waals surface area contributed by atoms with Crippen molar-refractivity contribution in [3.8, 4) is 5.88 Å². The third kappa shape index (κ3) is 4.19. The zero-order valence-corrected chi connectivity index (χ0v) is 12.7. The quantitative estimate of drug-likeness (QED) is 0.464. The number of hydrogen-bond donors (Lipinski definition) is 1. The first-order valence-electron chi connectivity index (χ1n) is 6.28. The lowest BCUT2D eigenvalue weighted by atomic mass is 10.2. The number of nitrogens with two attached hydrogens (primary N) is 1. The van der Waals surface area contributed by atoms with E-state index < -0.39 is 0 Å². The van der Waals surface area contributed by atoms with Gasteiger partial charge < -0.3 is 15.3 Å². The van der Waals surface area contributed by atoms with Crippen LogP contribution >= 0.6 is 15.9 Å². The van der Waals surface area contributed by atoms with E-state index in [0.717, 1.165) is 17.3 Å². The maximum absolute atomic E-state index is 11.5. The van der Waals surface area contributed by atoms with Gasteiger partial charge in [0.05, 0.1) is 11.6 Å². The van der Waals surface area contributed by atoms with Crippen molar-refractivity contribution in [1.82, 2.24) is 4.98 Å². The summed E-state index contributed by atoms with van der Waals surface area (Å²) in [6.07, 6.45) is 2.85. The number of Topliss-reactive ketones (excluding diaryl/α,β-unsaturated/α-hetero) is 1. The number of oxime groups is 1. The van der Waals surface area contributed by atoms with Crippen molar-refractivity contribution >= 4 is 27.5 Å². The molecule has 1 aliphatic carbocycles. The number of carbonyl (C=O) groups excluding carboxylic acids is 1. The van der Waals surface area contributed by atoms with Crippen molar-refractivity contribution in [3.05, 3.63) is 22.3 Å². The Kier molecular flexibility index (Phi) is 4.94. The molecule has 1 fully saturated rings. The molecule has 0 aromatic carbocycles. The number of rotatable bonds is 7. The second-order valence-electron chi connectivity index (χ2n) is 4.62. The van der Waals surface area contributed by atoms with Gasteiger partial charge in [-0.1, -0.05) is 5.16 Å². The Balaban J connectivity index is 1.90. The highest BCUT2D eigenvalue weighted by Crippen LogP contribution is 2.32. The summed E-state index contributed by atoms with van der Waals surface area (Å²) < 4.78 is 5.79. The summed E-state index contributed by atoms with van der Waals surface area (Å²) >= 11 is 3.30. The molecule has 2 N–H and O–H groups in total. The summed E-state index contributed by atoms with van der Waals surface area (Å²) in [6, 6.07) is 3.43. The zero-order valence-electron chi connectivity index (χ0n) is 11.1. The molecule has 6 nitrogen and oxygen atoms in total. The van der Waals surface area contributed by atoms with Gasteiger partial charge in [-0.2, -0.15) is 0 Å². The Morgan fingerprint density at radius 1 is 1.55 bits per heavy atom. The zero-order chi connectivity index (χ0) is 14.5. The van der Waals surface area contributed by atoms with Crippen LogP contribution in [0.4, 0.5) is 0 Å². The fourth-order valence-electron chi connectivity index (χ4n) is 1.63. The fourth-order valence-corrected chi connectivity index (χ4v) is 2.02. The first-order chi connectivity index (χ1) is 9.60. The molecule has 20 heavy (non-hydrogen) atoms. The van der Waals surface area contributed by atoms with E-state index >= 15 is 0 Å². The summed E-state index contributed by atoms with van der Waals surface area (Å²) in [6.45, 7) is -0.0507. The Morgan fingerprint density at radius 3 is 2.95 bits per heavy atom.